The molecule has 0 aromatic carbocycles. The molecule has 0 fully saturated rings. The lowest BCUT2D eigenvalue weighted by Gasteiger charge is -1.80. The van der Waals surface area contributed by atoms with Crippen molar-refractivity contribution in [2.75, 3.05) is 0 Å². The topological polar surface area (TPSA) is 9.23 Å². The molecule has 0 bridgehead atoms. The molecule has 0 heterocycles. The maximum Gasteiger partial charge on any atom is 0.229 e. The van der Waals surface area contributed by atoms with Crippen LogP contribution in [0.3, 0.4) is 0 Å². The molecule has 0 aliphatic rings. The molecule has 0 amide bonds. The molecule has 0 aromatic heterocycles. The second-order valence-corrected chi connectivity index (χ2v) is 2.84. The van der Waals surface area contributed by atoms with Gasteiger partial charge in [0, 0.05) is 0 Å². The Hall–Kier alpha value is 0.134. The first-order valence-electron chi connectivity index (χ1n) is 1.81. The molecule has 0 atom stereocenters. The Labute approximate surface area is 43.9 Å². The molecule has 0 spiro atoms. The van der Waals surface area contributed by atoms with Crippen molar-refractivity contribution >= 4 is 20.2 Å². The van der Waals surface area contributed by atoms with Crippen molar-refractivity contribution in [1.29, 1.82) is 0 Å². The van der Waals surface area contributed by atoms with E-state index in [9.17, 15) is 0 Å². The monoisotopic (exact) mass is 115 g/mol. The summed E-state index contributed by atoms with van der Waals surface area (Å²) in [7, 11) is 2.56. The van der Waals surface area contributed by atoms with Gasteiger partial charge >= 0.3 is 0 Å². The zero-order valence-corrected chi connectivity index (χ0v) is 6.18. The molecule has 0 aliphatic heterocycles. The smallest absolute Gasteiger partial charge is 0.229 e. The highest BCUT2D eigenvalue weighted by Gasteiger charge is 1.65. The van der Waals surface area contributed by atoms with E-state index in [0.717, 1.165) is 0 Å². The second-order valence-electron chi connectivity index (χ2n) is 0.880. The van der Waals surface area contributed by atoms with Crippen LogP contribution in [0.5, 0.6) is 0 Å². The van der Waals surface area contributed by atoms with E-state index in [1.807, 2.05) is 18.7 Å². The molecular formula is C3H7OSi2. The highest BCUT2D eigenvalue weighted by Crippen LogP contribution is 1.63. The Kier molecular flexibility index (Phi) is 5.25. The van der Waals surface area contributed by atoms with Gasteiger partial charge in [-0.3, -0.25) is 0 Å². The molecule has 0 rings (SSSR count). The van der Waals surface area contributed by atoms with Crippen molar-refractivity contribution in [3.63, 3.8) is 0 Å². The van der Waals surface area contributed by atoms with E-state index < -0.39 is 0 Å². The van der Waals surface area contributed by atoms with Crippen molar-refractivity contribution in [2.45, 2.75) is 6.92 Å². The van der Waals surface area contributed by atoms with Gasteiger partial charge in [0.05, 0.1) is 0 Å². The van der Waals surface area contributed by atoms with Crippen LogP contribution in [0.2, 0.25) is 0 Å². The van der Waals surface area contributed by atoms with Crippen LogP contribution in [0.1, 0.15) is 6.92 Å². The van der Waals surface area contributed by atoms with Crippen molar-refractivity contribution in [3.8, 4) is 0 Å². The lowest BCUT2D eigenvalue weighted by molar-refractivity contribution is 0.675. The minimum Gasteiger partial charge on any atom is -0.458 e. The van der Waals surface area contributed by atoms with Gasteiger partial charge in [0.15, 0.2) is 9.76 Å². The SMILES string of the molecule is CC=C[SiH2]O[Si]. The van der Waals surface area contributed by atoms with Crippen molar-refractivity contribution in [2.24, 2.45) is 0 Å². The fourth-order valence-electron chi connectivity index (χ4n) is 0.144. The quantitative estimate of drug-likeness (QED) is 0.449. The molecule has 6 heavy (non-hydrogen) atoms. The summed E-state index contributed by atoms with van der Waals surface area (Å²) in [4.78, 5) is 0. The number of allylic oxidation sites excluding steroid dienone is 1. The normalized spacial score (nSPS) is 12.3. The molecule has 0 unspecified atom stereocenters. The summed E-state index contributed by atoms with van der Waals surface area (Å²) in [5, 5.41) is 0. The summed E-state index contributed by atoms with van der Waals surface area (Å²) in [6.45, 7) is 1.98. The van der Waals surface area contributed by atoms with Crippen LogP contribution in [0.25, 0.3) is 0 Å². The molecule has 0 aliphatic carbocycles. The van der Waals surface area contributed by atoms with Crippen molar-refractivity contribution < 1.29 is 4.12 Å². The maximum absolute atomic E-state index is 4.64. The number of hydrogen-bond donors (Lipinski definition) is 0. The molecule has 3 heteroatoms. The highest BCUT2D eigenvalue weighted by molar-refractivity contribution is 6.39. The standard InChI is InChI=1S/C3H7OSi2/c1-2-3-6-4-5/h2-3H,6H2,1H3. The van der Waals surface area contributed by atoms with Gasteiger partial charge in [-0.2, -0.15) is 0 Å². The molecule has 0 N–H and O–H groups in total. The number of rotatable bonds is 2. The van der Waals surface area contributed by atoms with E-state index in [1.165, 1.54) is 0 Å². The Morgan fingerprint density at radius 1 is 1.83 bits per heavy atom. The predicted octanol–water partition coefficient (Wildman–Crippen LogP) is -0.296. The summed E-state index contributed by atoms with van der Waals surface area (Å²) in [6, 6.07) is 0. The van der Waals surface area contributed by atoms with E-state index in [0.29, 0.717) is 0 Å². The Morgan fingerprint density at radius 2 is 2.50 bits per heavy atom. The molecule has 0 saturated heterocycles. The average Bonchev–Trinajstić information content (AvgIpc) is 1.61. The van der Waals surface area contributed by atoms with Gasteiger partial charge in [0.2, 0.25) is 10.5 Å². The lowest BCUT2D eigenvalue weighted by Crippen LogP contribution is -1.86. The van der Waals surface area contributed by atoms with Gasteiger partial charge in [-0.25, -0.2) is 0 Å². The van der Waals surface area contributed by atoms with Crippen LogP contribution in [0.4, 0.5) is 0 Å². The van der Waals surface area contributed by atoms with Gasteiger partial charge in [-0.05, 0) is 6.92 Å². The largest absolute Gasteiger partial charge is 0.458 e. The van der Waals surface area contributed by atoms with E-state index in [-0.39, 0.29) is 9.76 Å². The molecule has 0 saturated carbocycles. The average molecular weight is 115 g/mol. The van der Waals surface area contributed by atoms with Gasteiger partial charge in [-0.1, -0.05) is 11.8 Å². The Morgan fingerprint density at radius 3 is 2.67 bits per heavy atom. The molecule has 1 nitrogen and oxygen atoms in total. The van der Waals surface area contributed by atoms with Gasteiger partial charge < -0.3 is 4.12 Å². The van der Waals surface area contributed by atoms with Crippen LogP contribution >= 0.6 is 0 Å². The first kappa shape index (κ1) is 6.13. The summed E-state index contributed by atoms with van der Waals surface area (Å²) >= 11 is 0. The van der Waals surface area contributed by atoms with Crippen LogP contribution < -0.4 is 0 Å². The van der Waals surface area contributed by atoms with Gasteiger partial charge in [0.1, 0.15) is 0 Å². The first-order chi connectivity index (χ1) is 2.91. The third kappa shape index (κ3) is 4.13. The predicted molar refractivity (Wildman–Crippen MR) is 30.2 cm³/mol. The number of hydrogen-bond acceptors (Lipinski definition) is 1. The second kappa shape index (κ2) is 5.13. The fourth-order valence-corrected chi connectivity index (χ4v) is 0.722. The molecule has 33 valence electrons. The van der Waals surface area contributed by atoms with Crippen molar-refractivity contribution in [1.82, 2.24) is 0 Å². The first-order valence-corrected chi connectivity index (χ1v) is 3.61. The highest BCUT2D eigenvalue weighted by atomic mass is 28.3. The molecule has 3 radical (unpaired) electrons. The summed E-state index contributed by atoms with van der Waals surface area (Å²) in [5.41, 5.74) is 2.05. The zero-order chi connectivity index (χ0) is 4.83. The Balaban J connectivity index is 2.66. The Bertz CT molecular complexity index is 44.1. The van der Waals surface area contributed by atoms with Crippen LogP contribution in [-0.4, -0.2) is 20.2 Å². The fraction of sp³-hybridized carbons (Fsp3) is 0.333. The minimum atomic E-state index is -0.345. The van der Waals surface area contributed by atoms with E-state index in [2.05, 4.69) is 14.6 Å². The van der Waals surface area contributed by atoms with Gasteiger partial charge in [-0.15, -0.1) is 0 Å². The van der Waals surface area contributed by atoms with E-state index in [1.54, 1.807) is 0 Å². The zero-order valence-electron chi connectivity index (χ0n) is 3.77. The van der Waals surface area contributed by atoms with Crippen LogP contribution in [-0.2, 0) is 4.12 Å². The lowest BCUT2D eigenvalue weighted by atomic mass is 10.8. The minimum absolute atomic E-state index is 0.345. The van der Waals surface area contributed by atoms with Crippen molar-refractivity contribution in [3.05, 3.63) is 11.8 Å². The van der Waals surface area contributed by atoms with E-state index in [4.69, 9.17) is 0 Å². The summed E-state index contributed by atoms with van der Waals surface area (Å²) < 4.78 is 4.64. The van der Waals surface area contributed by atoms with Crippen LogP contribution in [0, 0.1) is 0 Å². The van der Waals surface area contributed by atoms with E-state index >= 15 is 0 Å². The molecule has 0 aromatic rings. The maximum atomic E-state index is 4.64. The third-order valence-electron chi connectivity index (χ3n) is 0.415. The van der Waals surface area contributed by atoms with Crippen LogP contribution in [0.15, 0.2) is 11.8 Å². The molecular weight excluding hydrogens is 108 g/mol. The summed E-state index contributed by atoms with van der Waals surface area (Å²) in [5.74, 6) is 0. The van der Waals surface area contributed by atoms with Gasteiger partial charge in [0.25, 0.3) is 0 Å². The summed E-state index contributed by atoms with van der Waals surface area (Å²) in [6.07, 6.45) is 1.99. The third-order valence-corrected chi connectivity index (χ3v) is 1.75.